The van der Waals surface area contributed by atoms with Crippen molar-refractivity contribution in [3.8, 4) is 0 Å². The normalized spacial score (nSPS) is 19.5. The minimum Gasteiger partial charge on any atom is -0.296 e. The van der Waals surface area contributed by atoms with Crippen LogP contribution in [0.4, 0.5) is 0 Å². The van der Waals surface area contributed by atoms with E-state index in [2.05, 4.69) is 52.3 Å². The van der Waals surface area contributed by atoms with Crippen molar-refractivity contribution < 1.29 is 0 Å². The Morgan fingerprint density at radius 2 is 1.95 bits per heavy atom. The van der Waals surface area contributed by atoms with Gasteiger partial charge in [-0.3, -0.25) is 9.88 Å². The van der Waals surface area contributed by atoms with Crippen LogP contribution in [0.5, 0.6) is 0 Å². The molecule has 0 spiro atoms. The lowest BCUT2D eigenvalue weighted by molar-refractivity contribution is 0.147. The van der Waals surface area contributed by atoms with Crippen molar-refractivity contribution in [2.75, 3.05) is 13.1 Å². The maximum absolute atomic E-state index is 4.30. The van der Waals surface area contributed by atoms with Crippen LogP contribution >= 0.6 is 0 Å². The van der Waals surface area contributed by atoms with Crippen molar-refractivity contribution in [2.24, 2.45) is 0 Å². The van der Waals surface area contributed by atoms with Crippen LogP contribution in [0.2, 0.25) is 0 Å². The summed E-state index contributed by atoms with van der Waals surface area (Å²) in [4.78, 5) is 6.95. The number of hydrogen-bond acceptors (Lipinski definition) is 2. The number of nitrogens with zero attached hydrogens (tertiary/aromatic N) is 2. The molecule has 1 aliphatic heterocycles. The van der Waals surface area contributed by atoms with Gasteiger partial charge >= 0.3 is 0 Å². The lowest BCUT2D eigenvalue weighted by Crippen LogP contribution is -2.34. The highest BCUT2D eigenvalue weighted by molar-refractivity contribution is 5.16. The van der Waals surface area contributed by atoms with Crippen molar-refractivity contribution in [1.82, 2.24) is 9.88 Å². The van der Waals surface area contributed by atoms with Crippen LogP contribution in [0.3, 0.4) is 0 Å². The topological polar surface area (TPSA) is 16.1 Å². The third-order valence-corrected chi connectivity index (χ3v) is 4.44. The molecule has 0 amide bonds. The summed E-state index contributed by atoms with van der Waals surface area (Å²) in [5, 5.41) is 0. The van der Waals surface area contributed by atoms with Gasteiger partial charge in [0.2, 0.25) is 0 Å². The van der Waals surface area contributed by atoms with Gasteiger partial charge in [0.1, 0.15) is 0 Å². The van der Waals surface area contributed by atoms with E-state index >= 15 is 0 Å². The molecule has 3 rings (SSSR count). The molecule has 1 atom stereocenters. The minimum absolute atomic E-state index is 0.572. The Balaban J connectivity index is 1.57. The highest BCUT2D eigenvalue weighted by Crippen LogP contribution is 2.30. The molecule has 0 bridgehead atoms. The number of piperidine rings is 1. The van der Waals surface area contributed by atoms with E-state index in [0.29, 0.717) is 6.04 Å². The largest absolute Gasteiger partial charge is 0.296 e. The van der Waals surface area contributed by atoms with Crippen molar-refractivity contribution in [1.29, 1.82) is 0 Å². The van der Waals surface area contributed by atoms with Gasteiger partial charge in [-0.2, -0.15) is 0 Å². The molecule has 1 fully saturated rings. The maximum atomic E-state index is 4.30. The van der Waals surface area contributed by atoms with Crippen LogP contribution in [0.1, 0.15) is 42.9 Å². The fourth-order valence-corrected chi connectivity index (χ4v) is 3.34. The van der Waals surface area contributed by atoms with Gasteiger partial charge in [-0.15, -0.1) is 0 Å². The molecule has 1 aromatic heterocycles. The number of likely N-dealkylation sites (tertiary alicyclic amines) is 1. The predicted molar refractivity (Wildman–Crippen MR) is 87.2 cm³/mol. The molecule has 2 nitrogen and oxygen atoms in total. The van der Waals surface area contributed by atoms with Gasteiger partial charge < -0.3 is 0 Å². The lowest BCUT2D eigenvalue weighted by Gasteiger charge is -2.36. The Kier molecular flexibility index (Phi) is 5.01. The zero-order chi connectivity index (χ0) is 14.3. The van der Waals surface area contributed by atoms with E-state index in [1.54, 1.807) is 0 Å². The number of rotatable bonds is 5. The van der Waals surface area contributed by atoms with Gasteiger partial charge in [-0.25, -0.2) is 0 Å². The molecule has 2 heterocycles. The third-order valence-electron chi connectivity index (χ3n) is 4.44. The van der Waals surface area contributed by atoms with Crippen LogP contribution in [0.15, 0.2) is 54.9 Å². The first-order valence-corrected chi connectivity index (χ1v) is 8.11. The zero-order valence-electron chi connectivity index (χ0n) is 12.6. The van der Waals surface area contributed by atoms with E-state index in [1.807, 2.05) is 12.4 Å². The first kappa shape index (κ1) is 14.3. The summed E-state index contributed by atoms with van der Waals surface area (Å²) < 4.78 is 0. The van der Waals surface area contributed by atoms with E-state index in [1.165, 1.54) is 56.3 Å². The fourth-order valence-electron chi connectivity index (χ4n) is 3.34. The van der Waals surface area contributed by atoms with Crippen LogP contribution < -0.4 is 0 Å². The van der Waals surface area contributed by atoms with Crippen molar-refractivity contribution in [2.45, 2.75) is 38.1 Å². The third kappa shape index (κ3) is 3.92. The van der Waals surface area contributed by atoms with Crippen LogP contribution in [0.25, 0.3) is 0 Å². The quantitative estimate of drug-likeness (QED) is 0.814. The molecule has 1 aliphatic rings. The van der Waals surface area contributed by atoms with Gasteiger partial charge in [0.25, 0.3) is 0 Å². The number of aryl methyl sites for hydroxylation is 1. The molecular weight excluding hydrogens is 256 g/mol. The highest BCUT2D eigenvalue weighted by Gasteiger charge is 2.23. The smallest absolute Gasteiger partial charge is 0.0363 e. The van der Waals surface area contributed by atoms with E-state index in [-0.39, 0.29) is 0 Å². The average Bonchev–Trinajstić information content (AvgIpc) is 2.57. The average molecular weight is 280 g/mol. The first-order valence-electron chi connectivity index (χ1n) is 8.11. The summed E-state index contributed by atoms with van der Waals surface area (Å²) >= 11 is 0. The molecule has 2 aromatic rings. The Labute approximate surface area is 127 Å². The molecule has 21 heavy (non-hydrogen) atoms. The monoisotopic (exact) mass is 280 g/mol. The number of hydrogen-bond donors (Lipinski definition) is 0. The van der Waals surface area contributed by atoms with Gasteiger partial charge in [-0.1, -0.05) is 42.8 Å². The molecular formula is C19H24N2. The number of pyridine rings is 1. The first-order chi connectivity index (χ1) is 10.4. The van der Waals surface area contributed by atoms with Gasteiger partial charge in [0.05, 0.1) is 0 Å². The second kappa shape index (κ2) is 7.37. The summed E-state index contributed by atoms with van der Waals surface area (Å²) in [6.07, 6.45) is 10.3. The van der Waals surface area contributed by atoms with E-state index in [0.717, 1.165) is 0 Å². The minimum atomic E-state index is 0.572. The molecule has 110 valence electrons. The zero-order valence-corrected chi connectivity index (χ0v) is 12.6. The fraction of sp³-hybridized carbons (Fsp3) is 0.421. The SMILES string of the molecule is c1ccc(CCCN2CCCCC2c2cccnc2)cc1. The predicted octanol–water partition coefficient (Wildman–Crippen LogP) is 4.24. The molecule has 0 saturated carbocycles. The maximum Gasteiger partial charge on any atom is 0.0363 e. The summed E-state index contributed by atoms with van der Waals surface area (Å²) in [5.41, 5.74) is 2.84. The summed E-state index contributed by atoms with van der Waals surface area (Å²) in [5.74, 6) is 0. The highest BCUT2D eigenvalue weighted by atomic mass is 15.2. The van der Waals surface area contributed by atoms with E-state index in [9.17, 15) is 0 Å². The molecule has 2 heteroatoms. The van der Waals surface area contributed by atoms with Crippen LogP contribution in [-0.4, -0.2) is 23.0 Å². The second-order valence-corrected chi connectivity index (χ2v) is 5.92. The van der Waals surface area contributed by atoms with E-state index < -0.39 is 0 Å². The number of aromatic nitrogens is 1. The summed E-state index contributed by atoms with van der Waals surface area (Å²) in [6.45, 7) is 2.42. The van der Waals surface area contributed by atoms with Gasteiger partial charge in [-0.05, 0) is 56.0 Å². The Hall–Kier alpha value is -1.67. The molecule has 0 N–H and O–H groups in total. The van der Waals surface area contributed by atoms with Gasteiger partial charge in [0.15, 0.2) is 0 Å². The van der Waals surface area contributed by atoms with Crippen molar-refractivity contribution in [3.05, 3.63) is 66.0 Å². The molecule has 0 aliphatic carbocycles. The van der Waals surface area contributed by atoms with Gasteiger partial charge in [0, 0.05) is 18.4 Å². The molecule has 1 saturated heterocycles. The molecule has 0 radical (unpaired) electrons. The Morgan fingerprint density at radius 1 is 1.05 bits per heavy atom. The summed E-state index contributed by atoms with van der Waals surface area (Å²) in [6, 6.07) is 15.7. The van der Waals surface area contributed by atoms with Crippen molar-refractivity contribution in [3.63, 3.8) is 0 Å². The van der Waals surface area contributed by atoms with E-state index in [4.69, 9.17) is 0 Å². The Bertz CT molecular complexity index is 524. The molecule has 1 unspecified atom stereocenters. The standard InChI is InChI=1S/C19H24N2/c1-2-8-17(9-3-1)10-7-15-21-14-5-4-12-19(21)18-11-6-13-20-16-18/h1-3,6,8-9,11,13,16,19H,4-5,7,10,12,14-15H2. The molecule has 1 aromatic carbocycles. The lowest BCUT2D eigenvalue weighted by atomic mass is 9.96. The van der Waals surface area contributed by atoms with Crippen LogP contribution in [0, 0.1) is 0 Å². The van der Waals surface area contributed by atoms with Crippen molar-refractivity contribution >= 4 is 0 Å². The summed E-state index contributed by atoms with van der Waals surface area (Å²) in [7, 11) is 0. The Morgan fingerprint density at radius 3 is 2.76 bits per heavy atom. The van der Waals surface area contributed by atoms with Crippen LogP contribution in [-0.2, 0) is 6.42 Å². The number of benzene rings is 1. The second-order valence-electron chi connectivity index (χ2n) is 5.92.